The normalized spacial score (nSPS) is 42.6. The molecule has 7 heteroatoms. The lowest BCUT2D eigenvalue weighted by atomic mass is 10.5. The average molecular weight is 268 g/mol. The Morgan fingerprint density at radius 2 is 2.29 bits per heavy atom. The summed E-state index contributed by atoms with van der Waals surface area (Å²) in [4.78, 5) is 0. The third kappa shape index (κ3) is 3.37. The van der Waals surface area contributed by atoms with Gasteiger partial charge < -0.3 is 4.52 Å². The molecule has 1 atom stereocenters. The predicted molar refractivity (Wildman–Crippen MR) is 59.2 cm³/mol. The van der Waals surface area contributed by atoms with Crippen molar-refractivity contribution in [2.24, 2.45) is 0 Å². The lowest BCUT2D eigenvalue weighted by Crippen LogP contribution is -2.35. The zero-order valence-corrected chi connectivity index (χ0v) is 9.65. The van der Waals surface area contributed by atoms with E-state index in [-0.39, 0.29) is 22.8 Å². The van der Waals surface area contributed by atoms with Crippen molar-refractivity contribution in [1.82, 2.24) is 9.75 Å². The topological polar surface area (TPSA) is 41.6 Å². The quantitative estimate of drug-likeness (QED) is 0.610. The number of hydrogen-bond acceptors (Lipinski definition) is 2. The molecule has 0 aromatic carbocycles. The van der Waals surface area contributed by atoms with E-state index in [0.717, 1.165) is 0 Å². The Hall–Kier alpha value is 0.690. The molecule has 0 radical (unpaired) electrons. The molecule has 0 aromatic rings. The van der Waals surface area contributed by atoms with Crippen molar-refractivity contribution in [2.75, 3.05) is 37.9 Å². The zero-order valence-electron chi connectivity index (χ0n) is 14.2. The molecule has 1 rings (SSSR count). The molecule has 4 nitrogen and oxygen atoms in total. The number of halogens is 2. The van der Waals surface area contributed by atoms with Crippen LogP contribution in [0.4, 0.5) is 0 Å². The van der Waals surface area contributed by atoms with Gasteiger partial charge >= 0.3 is 7.67 Å². The van der Waals surface area contributed by atoms with Crippen LogP contribution in [0.3, 0.4) is 0 Å². The van der Waals surface area contributed by atoms with Crippen LogP contribution in [0.25, 0.3) is 0 Å². The molecular formula is C7H15Cl2N2O2P. The maximum Gasteiger partial charge on any atom is 0.343 e. The van der Waals surface area contributed by atoms with E-state index in [1.54, 1.807) is 0 Å². The van der Waals surface area contributed by atoms with E-state index in [0.29, 0.717) is 0 Å². The molecule has 1 heterocycles. The summed E-state index contributed by atoms with van der Waals surface area (Å²) in [5.74, 6) is -1.54. The molecule has 0 saturated carbocycles. The van der Waals surface area contributed by atoms with Gasteiger partial charge in [-0.25, -0.2) is 9.75 Å². The van der Waals surface area contributed by atoms with Gasteiger partial charge in [-0.15, -0.1) is 23.2 Å². The van der Waals surface area contributed by atoms with Gasteiger partial charge in [0.2, 0.25) is 0 Å². The molecule has 84 valence electrons. The van der Waals surface area contributed by atoms with Crippen LogP contribution in [0.2, 0.25) is 1.41 Å². The molecule has 1 aliphatic rings. The van der Waals surface area contributed by atoms with Gasteiger partial charge in [-0.3, -0.25) is 4.57 Å². The Labute approximate surface area is 104 Å². The summed E-state index contributed by atoms with van der Waals surface area (Å²) in [7, 11) is -4.67. The highest BCUT2D eigenvalue weighted by Crippen LogP contribution is 2.47. The Kier molecular flexibility index (Phi) is 2.64. The second kappa shape index (κ2) is 6.31. The first-order chi connectivity index (χ1) is 9.35. The van der Waals surface area contributed by atoms with Gasteiger partial charge in [0.25, 0.3) is 0 Å². The first kappa shape index (κ1) is 5.85. The van der Waals surface area contributed by atoms with E-state index in [1.165, 1.54) is 0 Å². The second-order valence-electron chi connectivity index (χ2n) is 2.23. The molecule has 0 aromatic heterocycles. The fourth-order valence-electron chi connectivity index (χ4n) is 0.829. The van der Waals surface area contributed by atoms with Gasteiger partial charge in [-0.2, -0.15) is 0 Å². The van der Waals surface area contributed by atoms with Crippen LogP contribution in [-0.2, 0) is 9.09 Å². The SMILES string of the molecule is [2H]N1C([2H])([2H])CCOP1(=O)N(C([2H])([2H])CCl)C([2H])([2H])CCl. The van der Waals surface area contributed by atoms with Crippen molar-refractivity contribution >= 4 is 30.9 Å². The van der Waals surface area contributed by atoms with E-state index in [1.807, 2.05) is 0 Å². The molecule has 0 amide bonds. The second-order valence-corrected chi connectivity index (χ2v) is 4.60. The zero-order chi connectivity index (χ0) is 16.7. The van der Waals surface area contributed by atoms with Crippen LogP contribution in [0.1, 0.15) is 14.6 Å². The third-order valence-electron chi connectivity index (χ3n) is 1.34. The first-order valence-corrected chi connectivity index (χ1v) is 6.42. The smallest absolute Gasteiger partial charge is 0.306 e. The average Bonchev–Trinajstić information content (AvgIpc) is 2.35. The molecule has 1 aliphatic heterocycles. The number of rotatable bonds is 5. The number of nitrogens with zero attached hydrogens (tertiary/aromatic N) is 1. The molecule has 1 fully saturated rings. The van der Waals surface area contributed by atoms with E-state index >= 15 is 0 Å². The van der Waals surface area contributed by atoms with Crippen molar-refractivity contribution in [3.8, 4) is 0 Å². The summed E-state index contributed by atoms with van der Waals surface area (Å²) in [6, 6.07) is 0. The molecule has 0 spiro atoms. The van der Waals surface area contributed by atoms with E-state index in [4.69, 9.17) is 37.4 Å². The van der Waals surface area contributed by atoms with Gasteiger partial charge in [0.15, 0.2) is 0 Å². The highest BCUT2D eigenvalue weighted by molar-refractivity contribution is 7.54. The molecule has 14 heavy (non-hydrogen) atoms. The van der Waals surface area contributed by atoms with E-state index in [2.05, 4.69) is 0 Å². The molecular weight excluding hydrogens is 246 g/mol. The predicted octanol–water partition coefficient (Wildman–Crippen LogP) is 1.88. The molecule has 1 saturated heterocycles. The van der Waals surface area contributed by atoms with E-state index in [9.17, 15) is 4.57 Å². The van der Waals surface area contributed by atoms with Gasteiger partial charge in [0, 0.05) is 39.5 Å². The summed E-state index contributed by atoms with van der Waals surface area (Å²) in [6.45, 7) is -8.05. The summed E-state index contributed by atoms with van der Waals surface area (Å²) in [5, 5.41) is -0.0295. The van der Waals surface area contributed by atoms with Crippen LogP contribution >= 0.6 is 30.9 Å². The highest BCUT2D eigenvalue weighted by Gasteiger charge is 2.32. The maximum atomic E-state index is 12.9. The monoisotopic (exact) mass is 267 g/mol. The third-order valence-corrected chi connectivity index (χ3v) is 3.28. The fraction of sp³-hybridized carbons (Fsp3) is 1.00. The number of alkyl halides is 2. The van der Waals surface area contributed by atoms with Crippen LogP contribution in [0.5, 0.6) is 0 Å². The van der Waals surface area contributed by atoms with Crippen LogP contribution in [-0.4, -0.2) is 42.5 Å². The minimum absolute atomic E-state index is 0.0295. The van der Waals surface area contributed by atoms with Crippen molar-refractivity contribution < 1.29 is 18.7 Å². The lowest BCUT2D eigenvalue weighted by molar-refractivity contribution is 0.233. The number of nitrogens with one attached hydrogen (secondary N) is 1. The van der Waals surface area contributed by atoms with Crippen LogP contribution in [0, 0.1) is 0 Å². The summed E-state index contributed by atoms with van der Waals surface area (Å²) in [5.41, 5.74) is 0. The highest BCUT2D eigenvalue weighted by atomic mass is 35.5. The number of hydrogen-bond donors (Lipinski definition) is 1. The van der Waals surface area contributed by atoms with Gasteiger partial charge in [0.1, 0.15) is 1.41 Å². The molecule has 1 N–H and O–H groups in total. The van der Waals surface area contributed by atoms with Crippen molar-refractivity contribution in [1.29, 1.82) is 0 Å². The largest absolute Gasteiger partial charge is 0.343 e. The van der Waals surface area contributed by atoms with E-state index < -0.39 is 38.9 Å². The van der Waals surface area contributed by atoms with Crippen molar-refractivity contribution in [3.05, 3.63) is 0 Å². The molecule has 1 unspecified atom stereocenters. The van der Waals surface area contributed by atoms with Crippen LogP contribution < -0.4 is 5.08 Å². The van der Waals surface area contributed by atoms with Gasteiger partial charge in [-0.05, 0) is 6.42 Å². The van der Waals surface area contributed by atoms with Crippen molar-refractivity contribution in [3.63, 3.8) is 0 Å². The minimum Gasteiger partial charge on any atom is -0.306 e. The van der Waals surface area contributed by atoms with Gasteiger partial charge in [0.05, 0.1) is 6.61 Å². The Balaban J connectivity index is 3.41. The van der Waals surface area contributed by atoms with Crippen molar-refractivity contribution in [2.45, 2.75) is 6.42 Å². The Bertz CT molecular complexity index is 425. The molecule has 0 aliphatic carbocycles. The van der Waals surface area contributed by atoms with Crippen LogP contribution in [0.15, 0.2) is 0 Å². The molecule has 0 bridgehead atoms. The first-order valence-electron chi connectivity index (χ1n) is 7.27. The summed E-state index contributed by atoms with van der Waals surface area (Å²) in [6.07, 6.45) is -0.262. The minimum atomic E-state index is -4.67. The standard InChI is InChI=1S/C7H15Cl2N2O2P/c8-2-5-11(6-3-9)14(12)10-4-1-7-13-14/h1-7H2,(H,10,12)/i4D2,5D2,6D2/hD. The Morgan fingerprint density at radius 1 is 1.64 bits per heavy atom. The Morgan fingerprint density at radius 3 is 2.86 bits per heavy atom. The van der Waals surface area contributed by atoms with Gasteiger partial charge in [-0.1, -0.05) is 0 Å². The fourth-order valence-corrected chi connectivity index (χ4v) is 2.60. The lowest BCUT2D eigenvalue weighted by Gasteiger charge is -2.33. The summed E-state index contributed by atoms with van der Waals surface area (Å²) >= 11 is 10.9. The maximum absolute atomic E-state index is 12.9. The summed E-state index contributed by atoms with van der Waals surface area (Å²) < 4.78 is 71.9.